The maximum absolute atomic E-state index is 13.2. The van der Waals surface area contributed by atoms with Crippen molar-refractivity contribution >= 4 is 16.1 Å². The Morgan fingerprint density at radius 2 is 1.62 bits per heavy atom. The molecule has 2 aromatic rings. The van der Waals surface area contributed by atoms with Crippen molar-refractivity contribution in [2.75, 3.05) is 0 Å². The molecule has 0 bridgehead atoms. The van der Waals surface area contributed by atoms with E-state index in [0.29, 0.717) is 17.9 Å². The molecule has 0 aliphatic heterocycles. The Morgan fingerprint density at radius 3 is 2.33 bits per heavy atom. The zero-order chi connectivity index (χ0) is 17.2. The zero-order valence-electron chi connectivity index (χ0n) is 14.1. The molecule has 1 aliphatic rings. The summed E-state index contributed by atoms with van der Waals surface area (Å²) in [6, 6.07) is 17.7. The second-order valence-corrected chi connectivity index (χ2v) is 8.38. The Balaban J connectivity index is 1.94. The van der Waals surface area contributed by atoms with Crippen LogP contribution in [0.3, 0.4) is 0 Å². The van der Waals surface area contributed by atoms with E-state index in [9.17, 15) is 8.42 Å². The first-order valence-corrected chi connectivity index (χ1v) is 9.77. The Morgan fingerprint density at radius 1 is 0.958 bits per heavy atom. The van der Waals surface area contributed by atoms with Crippen molar-refractivity contribution in [3.8, 4) is 0 Å². The third-order valence-electron chi connectivity index (χ3n) is 4.41. The van der Waals surface area contributed by atoms with Gasteiger partial charge in [-0.25, -0.2) is 8.42 Å². The molecular formula is C20H23NO2S. The highest BCUT2D eigenvalue weighted by Gasteiger charge is 2.30. The van der Waals surface area contributed by atoms with E-state index in [4.69, 9.17) is 0 Å². The molecule has 3 nitrogen and oxygen atoms in total. The Kier molecular flexibility index (Phi) is 4.88. The molecule has 0 saturated carbocycles. The summed E-state index contributed by atoms with van der Waals surface area (Å²) in [7, 11) is -3.47. The Hall–Kier alpha value is -1.91. The molecule has 0 atom stereocenters. The van der Waals surface area contributed by atoms with Gasteiger partial charge in [0.05, 0.1) is 4.91 Å². The zero-order valence-corrected chi connectivity index (χ0v) is 15.0. The molecule has 0 fully saturated rings. The van der Waals surface area contributed by atoms with E-state index in [0.717, 1.165) is 17.5 Å². The van der Waals surface area contributed by atoms with Gasteiger partial charge in [-0.3, -0.25) is 0 Å². The quantitative estimate of drug-likeness (QED) is 0.817. The van der Waals surface area contributed by atoms with E-state index in [1.54, 1.807) is 4.31 Å². The van der Waals surface area contributed by atoms with Crippen molar-refractivity contribution < 1.29 is 8.42 Å². The molecule has 24 heavy (non-hydrogen) atoms. The summed E-state index contributed by atoms with van der Waals surface area (Å²) >= 11 is 0. The number of sulfonamides is 1. The van der Waals surface area contributed by atoms with Crippen LogP contribution in [0.25, 0.3) is 6.08 Å². The van der Waals surface area contributed by atoms with Crippen LogP contribution in [-0.4, -0.2) is 18.8 Å². The minimum absolute atomic E-state index is 0.0896. The van der Waals surface area contributed by atoms with Crippen molar-refractivity contribution in [1.29, 1.82) is 0 Å². The topological polar surface area (TPSA) is 37.4 Å². The molecule has 0 saturated heterocycles. The van der Waals surface area contributed by atoms with Gasteiger partial charge in [-0.2, -0.15) is 4.31 Å². The lowest BCUT2D eigenvalue weighted by atomic mass is 9.98. The van der Waals surface area contributed by atoms with Crippen molar-refractivity contribution in [1.82, 2.24) is 4.31 Å². The normalized spacial score (nSPS) is 14.6. The van der Waals surface area contributed by atoms with Crippen LogP contribution >= 0.6 is 0 Å². The molecule has 0 amide bonds. The number of fused-ring (bicyclic) bond motifs is 1. The molecule has 1 aliphatic carbocycles. The van der Waals surface area contributed by atoms with Crippen molar-refractivity contribution in [3.05, 3.63) is 76.2 Å². The monoisotopic (exact) mass is 341 g/mol. The predicted molar refractivity (Wildman–Crippen MR) is 98.8 cm³/mol. The third kappa shape index (κ3) is 3.45. The lowest BCUT2D eigenvalue weighted by Gasteiger charge is -2.28. The van der Waals surface area contributed by atoms with Gasteiger partial charge in [0.2, 0.25) is 10.0 Å². The largest absolute Gasteiger partial charge is 0.239 e. The molecule has 4 heteroatoms. The first kappa shape index (κ1) is 16.9. The maximum atomic E-state index is 13.2. The highest BCUT2D eigenvalue weighted by Crippen LogP contribution is 2.30. The third-order valence-corrected chi connectivity index (χ3v) is 6.56. The van der Waals surface area contributed by atoms with Crippen LogP contribution in [0, 0.1) is 0 Å². The van der Waals surface area contributed by atoms with Gasteiger partial charge < -0.3 is 0 Å². The molecule has 0 aromatic heterocycles. The average molecular weight is 341 g/mol. The number of aryl methyl sites for hydroxylation is 1. The summed E-state index contributed by atoms with van der Waals surface area (Å²) in [5, 5.41) is 0. The van der Waals surface area contributed by atoms with Crippen LogP contribution in [0.4, 0.5) is 0 Å². The van der Waals surface area contributed by atoms with E-state index in [1.165, 1.54) is 5.56 Å². The summed E-state index contributed by atoms with van der Waals surface area (Å²) in [6.45, 7) is 4.26. The van der Waals surface area contributed by atoms with Crippen molar-refractivity contribution in [2.24, 2.45) is 0 Å². The van der Waals surface area contributed by atoms with Crippen LogP contribution in [0.5, 0.6) is 0 Å². The van der Waals surface area contributed by atoms with Gasteiger partial charge >= 0.3 is 0 Å². The van der Waals surface area contributed by atoms with E-state index in [-0.39, 0.29) is 6.04 Å². The Labute approximate surface area is 144 Å². The molecule has 0 spiro atoms. The molecule has 0 heterocycles. The SMILES string of the molecule is CC(C)N(Cc1ccccc1)S(=O)(=O)C1=Cc2ccccc2CC1. The van der Waals surface area contributed by atoms with E-state index in [2.05, 4.69) is 6.07 Å². The van der Waals surface area contributed by atoms with E-state index in [1.807, 2.05) is 68.5 Å². The second-order valence-electron chi connectivity index (χ2n) is 6.44. The summed E-state index contributed by atoms with van der Waals surface area (Å²) < 4.78 is 28.0. The van der Waals surface area contributed by atoms with Gasteiger partial charge in [0, 0.05) is 12.6 Å². The van der Waals surface area contributed by atoms with Crippen molar-refractivity contribution in [3.63, 3.8) is 0 Å². The predicted octanol–water partition coefficient (Wildman–Crippen LogP) is 4.21. The van der Waals surface area contributed by atoms with Crippen LogP contribution in [0.2, 0.25) is 0 Å². The number of allylic oxidation sites excluding steroid dienone is 1. The fourth-order valence-corrected chi connectivity index (χ4v) is 4.88. The lowest BCUT2D eigenvalue weighted by Crippen LogP contribution is -2.37. The summed E-state index contributed by atoms with van der Waals surface area (Å²) in [5.41, 5.74) is 3.24. The molecular weight excluding hydrogens is 318 g/mol. The molecule has 0 radical (unpaired) electrons. The van der Waals surface area contributed by atoms with Gasteiger partial charge in [-0.05, 0) is 49.5 Å². The number of nitrogens with zero attached hydrogens (tertiary/aromatic N) is 1. The van der Waals surface area contributed by atoms with Crippen LogP contribution in [0.15, 0.2) is 59.5 Å². The first-order chi connectivity index (χ1) is 11.5. The van der Waals surface area contributed by atoms with Gasteiger partial charge in [-0.15, -0.1) is 0 Å². The van der Waals surface area contributed by atoms with Gasteiger partial charge in [0.25, 0.3) is 0 Å². The van der Waals surface area contributed by atoms with Crippen LogP contribution in [0.1, 0.15) is 37.0 Å². The first-order valence-electron chi connectivity index (χ1n) is 8.33. The fraction of sp³-hybridized carbons (Fsp3) is 0.300. The summed E-state index contributed by atoms with van der Waals surface area (Å²) in [4.78, 5) is 0.519. The van der Waals surface area contributed by atoms with Gasteiger partial charge in [0.15, 0.2) is 0 Å². The Bertz CT molecular complexity index is 839. The average Bonchev–Trinajstić information content (AvgIpc) is 2.59. The molecule has 2 aromatic carbocycles. The molecule has 0 unspecified atom stereocenters. The minimum Gasteiger partial charge on any atom is -0.207 e. The van der Waals surface area contributed by atoms with Gasteiger partial charge in [-0.1, -0.05) is 54.6 Å². The standard InChI is InChI=1S/C20H23NO2S/c1-16(2)21(15-17-8-4-3-5-9-17)24(22,23)20-13-12-18-10-6-7-11-19(18)14-20/h3-11,14,16H,12-13,15H2,1-2H3. The van der Waals surface area contributed by atoms with Crippen molar-refractivity contribution in [2.45, 2.75) is 39.3 Å². The highest BCUT2D eigenvalue weighted by molar-refractivity contribution is 7.93. The van der Waals surface area contributed by atoms with E-state index >= 15 is 0 Å². The molecule has 0 N–H and O–H groups in total. The lowest BCUT2D eigenvalue weighted by molar-refractivity contribution is 0.351. The maximum Gasteiger partial charge on any atom is 0.239 e. The number of rotatable bonds is 5. The summed E-state index contributed by atoms with van der Waals surface area (Å²) in [6.07, 6.45) is 3.18. The van der Waals surface area contributed by atoms with E-state index < -0.39 is 10.0 Å². The summed E-state index contributed by atoms with van der Waals surface area (Å²) in [5.74, 6) is 0. The number of hydrogen-bond acceptors (Lipinski definition) is 2. The molecule has 126 valence electrons. The van der Waals surface area contributed by atoms with Gasteiger partial charge in [0.1, 0.15) is 0 Å². The minimum atomic E-state index is -3.47. The van der Waals surface area contributed by atoms with Crippen LogP contribution < -0.4 is 0 Å². The smallest absolute Gasteiger partial charge is 0.207 e. The number of benzene rings is 2. The fourth-order valence-electron chi connectivity index (χ4n) is 3.07. The van der Waals surface area contributed by atoms with Crippen LogP contribution in [-0.2, 0) is 23.0 Å². The highest BCUT2D eigenvalue weighted by atomic mass is 32.2. The number of hydrogen-bond donors (Lipinski definition) is 0. The second kappa shape index (κ2) is 6.91. The molecule has 3 rings (SSSR count).